The third kappa shape index (κ3) is 3.69. The number of benzene rings is 1. The quantitative estimate of drug-likeness (QED) is 0.817. The molecule has 0 fully saturated rings. The first-order chi connectivity index (χ1) is 10.5. The molecular formula is C15H17N3O4. The average molecular weight is 303 g/mol. The van der Waals surface area contributed by atoms with Crippen LogP contribution < -0.4 is 10.9 Å². The van der Waals surface area contributed by atoms with E-state index in [4.69, 9.17) is 5.11 Å². The van der Waals surface area contributed by atoms with Crippen LogP contribution in [0.3, 0.4) is 0 Å². The maximum atomic E-state index is 12.3. The monoisotopic (exact) mass is 303 g/mol. The van der Waals surface area contributed by atoms with Crippen LogP contribution in [0.15, 0.2) is 29.3 Å². The lowest BCUT2D eigenvalue weighted by Crippen LogP contribution is -2.29. The highest BCUT2D eigenvalue weighted by Gasteiger charge is 2.08. The van der Waals surface area contributed by atoms with Gasteiger partial charge in [0.2, 0.25) is 5.91 Å². The summed E-state index contributed by atoms with van der Waals surface area (Å²) in [6, 6.07) is 5.39. The normalized spacial score (nSPS) is 10.6. The third-order valence-electron chi connectivity index (χ3n) is 3.30. The third-order valence-corrected chi connectivity index (χ3v) is 3.30. The molecule has 0 aliphatic heterocycles. The molecule has 0 saturated carbocycles. The van der Waals surface area contributed by atoms with Crippen LogP contribution >= 0.6 is 0 Å². The van der Waals surface area contributed by atoms with E-state index < -0.39 is 5.97 Å². The molecule has 2 aromatic rings. The zero-order valence-corrected chi connectivity index (χ0v) is 12.2. The molecule has 0 saturated heterocycles. The molecule has 2 N–H and O–H groups in total. The van der Waals surface area contributed by atoms with Gasteiger partial charge in [-0.2, -0.15) is 0 Å². The highest BCUT2D eigenvalue weighted by molar-refractivity contribution is 5.80. The molecule has 0 unspecified atom stereocenters. The highest BCUT2D eigenvalue weighted by atomic mass is 16.4. The Morgan fingerprint density at radius 3 is 2.82 bits per heavy atom. The Morgan fingerprint density at radius 2 is 2.09 bits per heavy atom. The number of carbonyl (C=O) groups excluding carboxylic acids is 1. The molecular weight excluding hydrogens is 286 g/mol. The SMILES string of the molecule is Cc1cccc2c(=O)n(CCC(=O)NCCC(=O)O)cnc12. The van der Waals surface area contributed by atoms with Gasteiger partial charge in [0.25, 0.3) is 5.56 Å². The fourth-order valence-electron chi connectivity index (χ4n) is 2.12. The second-order valence-corrected chi connectivity index (χ2v) is 4.96. The van der Waals surface area contributed by atoms with E-state index in [1.54, 1.807) is 12.1 Å². The predicted octanol–water partition coefficient (Wildman–Crippen LogP) is 0.686. The molecule has 1 amide bonds. The molecule has 22 heavy (non-hydrogen) atoms. The van der Waals surface area contributed by atoms with Crippen molar-refractivity contribution in [3.63, 3.8) is 0 Å². The van der Waals surface area contributed by atoms with Gasteiger partial charge in [0, 0.05) is 19.5 Å². The van der Waals surface area contributed by atoms with Crippen molar-refractivity contribution < 1.29 is 14.7 Å². The summed E-state index contributed by atoms with van der Waals surface area (Å²) in [6.07, 6.45) is 1.41. The van der Waals surface area contributed by atoms with Gasteiger partial charge in [-0.05, 0) is 18.6 Å². The first kappa shape index (κ1) is 15.7. The smallest absolute Gasteiger partial charge is 0.305 e. The van der Waals surface area contributed by atoms with Gasteiger partial charge in [-0.3, -0.25) is 19.0 Å². The predicted molar refractivity (Wildman–Crippen MR) is 80.6 cm³/mol. The molecule has 7 nitrogen and oxygen atoms in total. The Hall–Kier alpha value is -2.70. The number of nitrogens with zero attached hydrogens (tertiary/aromatic N) is 2. The number of hydrogen-bond donors (Lipinski definition) is 2. The van der Waals surface area contributed by atoms with Gasteiger partial charge in [-0.25, -0.2) is 4.98 Å². The van der Waals surface area contributed by atoms with Gasteiger partial charge in [-0.1, -0.05) is 12.1 Å². The maximum Gasteiger partial charge on any atom is 0.305 e. The molecule has 116 valence electrons. The van der Waals surface area contributed by atoms with Crippen LogP contribution in [-0.4, -0.2) is 33.1 Å². The van der Waals surface area contributed by atoms with E-state index in [1.807, 2.05) is 13.0 Å². The largest absolute Gasteiger partial charge is 0.481 e. The molecule has 7 heteroatoms. The molecule has 0 atom stereocenters. The van der Waals surface area contributed by atoms with E-state index in [1.165, 1.54) is 10.9 Å². The summed E-state index contributed by atoms with van der Waals surface area (Å²) < 4.78 is 1.39. The molecule has 0 radical (unpaired) electrons. The van der Waals surface area contributed by atoms with Crippen LogP contribution in [0.2, 0.25) is 0 Å². The van der Waals surface area contributed by atoms with Crippen molar-refractivity contribution in [2.24, 2.45) is 0 Å². The lowest BCUT2D eigenvalue weighted by molar-refractivity contribution is -0.136. The minimum Gasteiger partial charge on any atom is -0.481 e. The summed E-state index contributed by atoms with van der Waals surface area (Å²) in [5.41, 5.74) is 1.40. The van der Waals surface area contributed by atoms with Crippen molar-refractivity contribution >= 4 is 22.8 Å². The van der Waals surface area contributed by atoms with E-state index in [0.29, 0.717) is 10.9 Å². The second kappa shape index (κ2) is 6.84. The highest BCUT2D eigenvalue weighted by Crippen LogP contribution is 2.11. The standard InChI is InChI=1S/C15H17N3O4/c1-10-3-2-4-11-14(10)17-9-18(15(11)22)8-6-12(19)16-7-5-13(20)21/h2-4,9H,5-8H2,1H3,(H,16,19)(H,20,21). The molecule has 0 spiro atoms. The first-order valence-corrected chi connectivity index (χ1v) is 6.92. The molecule has 0 aliphatic carbocycles. The average Bonchev–Trinajstić information content (AvgIpc) is 2.47. The molecule has 1 aromatic heterocycles. The number of amides is 1. The number of carbonyl (C=O) groups is 2. The fourth-order valence-corrected chi connectivity index (χ4v) is 2.12. The van der Waals surface area contributed by atoms with Crippen LogP contribution in [0.4, 0.5) is 0 Å². The van der Waals surface area contributed by atoms with Crippen molar-refractivity contribution in [1.82, 2.24) is 14.9 Å². The summed E-state index contributed by atoms with van der Waals surface area (Å²) in [4.78, 5) is 38.5. The van der Waals surface area contributed by atoms with Crippen molar-refractivity contribution in [3.8, 4) is 0 Å². The van der Waals surface area contributed by atoms with Gasteiger partial charge in [-0.15, -0.1) is 0 Å². The second-order valence-electron chi connectivity index (χ2n) is 4.96. The Balaban J connectivity index is 2.03. The number of carboxylic acid groups (broad SMARTS) is 1. The minimum atomic E-state index is -0.967. The molecule has 0 bridgehead atoms. The van der Waals surface area contributed by atoms with Crippen molar-refractivity contribution in [1.29, 1.82) is 0 Å². The number of rotatable bonds is 6. The van der Waals surface area contributed by atoms with E-state index in [2.05, 4.69) is 10.3 Å². The van der Waals surface area contributed by atoms with Crippen LogP contribution in [0.5, 0.6) is 0 Å². The number of nitrogens with one attached hydrogen (secondary N) is 1. The fraction of sp³-hybridized carbons (Fsp3) is 0.333. The minimum absolute atomic E-state index is 0.0816. The number of para-hydroxylation sites is 1. The van der Waals surface area contributed by atoms with Gasteiger partial charge < -0.3 is 10.4 Å². The molecule has 0 aliphatic rings. The molecule has 1 aromatic carbocycles. The summed E-state index contributed by atoms with van der Waals surface area (Å²) in [7, 11) is 0. The van der Waals surface area contributed by atoms with Crippen LogP contribution in [0, 0.1) is 6.92 Å². The number of hydrogen-bond acceptors (Lipinski definition) is 4. The molecule has 1 heterocycles. The zero-order valence-electron chi connectivity index (χ0n) is 12.2. The number of aryl methyl sites for hydroxylation is 2. The van der Waals surface area contributed by atoms with Crippen molar-refractivity contribution in [2.75, 3.05) is 6.54 Å². The van der Waals surface area contributed by atoms with Gasteiger partial charge in [0.15, 0.2) is 0 Å². The van der Waals surface area contributed by atoms with Crippen molar-refractivity contribution in [2.45, 2.75) is 26.3 Å². The maximum absolute atomic E-state index is 12.3. The summed E-state index contributed by atoms with van der Waals surface area (Å²) >= 11 is 0. The van der Waals surface area contributed by atoms with E-state index >= 15 is 0 Å². The lowest BCUT2D eigenvalue weighted by atomic mass is 10.1. The Kier molecular flexibility index (Phi) is 4.88. The van der Waals surface area contributed by atoms with Gasteiger partial charge in [0.05, 0.1) is 23.7 Å². The first-order valence-electron chi connectivity index (χ1n) is 6.92. The van der Waals surface area contributed by atoms with Crippen molar-refractivity contribution in [3.05, 3.63) is 40.4 Å². The lowest BCUT2D eigenvalue weighted by Gasteiger charge is -2.08. The molecule has 2 rings (SSSR count). The summed E-state index contributed by atoms with van der Waals surface area (Å²) in [5, 5.41) is 11.5. The topological polar surface area (TPSA) is 101 Å². The van der Waals surface area contributed by atoms with Crippen LogP contribution in [0.1, 0.15) is 18.4 Å². The van der Waals surface area contributed by atoms with E-state index in [-0.39, 0.29) is 37.4 Å². The zero-order chi connectivity index (χ0) is 16.1. The number of fused-ring (bicyclic) bond motifs is 1. The van der Waals surface area contributed by atoms with Gasteiger partial charge in [0.1, 0.15) is 0 Å². The van der Waals surface area contributed by atoms with E-state index in [0.717, 1.165) is 5.56 Å². The Labute approximate surface area is 126 Å². The Bertz CT molecular complexity index is 767. The summed E-state index contributed by atoms with van der Waals surface area (Å²) in [6.45, 7) is 2.17. The van der Waals surface area contributed by atoms with Gasteiger partial charge >= 0.3 is 5.97 Å². The summed E-state index contributed by atoms with van der Waals surface area (Å²) in [5.74, 6) is -1.26. The van der Waals surface area contributed by atoms with Crippen LogP contribution in [-0.2, 0) is 16.1 Å². The number of carboxylic acids is 1. The number of aromatic nitrogens is 2. The Morgan fingerprint density at radius 1 is 1.32 bits per heavy atom. The number of aliphatic carboxylic acids is 1. The van der Waals surface area contributed by atoms with Crippen LogP contribution in [0.25, 0.3) is 10.9 Å². The van der Waals surface area contributed by atoms with E-state index in [9.17, 15) is 14.4 Å².